The Balaban J connectivity index is 1.64. The van der Waals surface area contributed by atoms with Gasteiger partial charge in [0.15, 0.2) is 5.11 Å². The molecule has 0 unspecified atom stereocenters. The number of aromatic nitrogens is 2. The van der Waals surface area contributed by atoms with Crippen LogP contribution in [0.15, 0.2) is 29.4 Å². The van der Waals surface area contributed by atoms with Gasteiger partial charge in [-0.1, -0.05) is 12.1 Å². The molecule has 0 radical (unpaired) electrons. The molecule has 0 fully saturated rings. The van der Waals surface area contributed by atoms with E-state index in [1.54, 1.807) is 7.05 Å². The first-order chi connectivity index (χ1) is 13.9. The first kappa shape index (κ1) is 19.7. The molecule has 8 heteroatoms. The topological polar surface area (TPSA) is 79.4 Å². The molecule has 0 spiro atoms. The Hall–Kier alpha value is -2.58. The van der Waals surface area contributed by atoms with E-state index in [4.69, 9.17) is 22.9 Å². The molecular formula is C21H24N6S2. The van der Waals surface area contributed by atoms with E-state index in [1.165, 1.54) is 33.7 Å². The van der Waals surface area contributed by atoms with Crippen LogP contribution in [-0.4, -0.2) is 32.8 Å². The monoisotopic (exact) mass is 424 g/mol. The highest BCUT2D eigenvalue weighted by Gasteiger charge is 2.20. The van der Waals surface area contributed by atoms with Gasteiger partial charge in [-0.2, -0.15) is 5.10 Å². The summed E-state index contributed by atoms with van der Waals surface area (Å²) in [6, 6.07) is 8.14. The molecule has 0 saturated heterocycles. The maximum absolute atomic E-state index is 5.60. The molecule has 0 atom stereocenters. The third kappa shape index (κ3) is 4.09. The van der Waals surface area contributed by atoms with E-state index in [0.717, 1.165) is 46.3 Å². The second kappa shape index (κ2) is 8.04. The minimum absolute atomic E-state index is 0.241. The minimum Gasteiger partial charge on any atom is -0.375 e. The molecule has 0 saturated carbocycles. The zero-order valence-corrected chi connectivity index (χ0v) is 18.5. The average molecular weight is 425 g/mol. The van der Waals surface area contributed by atoms with Gasteiger partial charge >= 0.3 is 0 Å². The Kier molecular flexibility index (Phi) is 5.47. The smallest absolute Gasteiger partial charge is 0.186 e. The van der Waals surface area contributed by atoms with Crippen LogP contribution in [0.25, 0.3) is 10.2 Å². The fourth-order valence-corrected chi connectivity index (χ4v) is 4.97. The number of fused-ring (bicyclic) bond motifs is 3. The van der Waals surface area contributed by atoms with Crippen LogP contribution in [0.1, 0.15) is 41.6 Å². The number of nitrogens with zero attached hydrogens (tertiary/aromatic N) is 4. The average Bonchev–Trinajstić information content (AvgIpc) is 3.06. The summed E-state index contributed by atoms with van der Waals surface area (Å²) < 4.78 is 0. The van der Waals surface area contributed by atoms with Crippen molar-refractivity contribution < 1.29 is 0 Å². The van der Waals surface area contributed by atoms with Crippen LogP contribution in [0.4, 0.5) is 11.5 Å². The van der Waals surface area contributed by atoms with Gasteiger partial charge in [-0.15, -0.1) is 11.3 Å². The lowest BCUT2D eigenvalue weighted by molar-refractivity contribution is 0.548. The van der Waals surface area contributed by atoms with Crippen LogP contribution in [0.3, 0.4) is 0 Å². The number of thiophene rings is 1. The molecule has 6 nitrogen and oxygen atoms in total. The summed E-state index contributed by atoms with van der Waals surface area (Å²) in [7, 11) is 1.74. The number of aryl methyl sites for hydroxylation is 3. The van der Waals surface area contributed by atoms with E-state index in [0.29, 0.717) is 0 Å². The van der Waals surface area contributed by atoms with Crippen LogP contribution in [0.5, 0.6) is 0 Å². The maximum Gasteiger partial charge on any atom is 0.186 e. The SMILES string of the molecule is C/C(=N\N(C)C(N)=S)c1ccc(Nc2nc(C)nc3sc4c(c23)CCCC4)cc1. The number of thiocarbonyl (C=S) groups is 1. The molecule has 150 valence electrons. The van der Waals surface area contributed by atoms with E-state index in [-0.39, 0.29) is 5.11 Å². The summed E-state index contributed by atoms with van der Waals surface area (Å²) in [6.45, 7) is 3.89. The minimum atomic E-state index is 0.241. The van der Waals surface area contributed by atoms with E-state index in [2.05, 4.69) is 15.4 Å². The van der Waals surface area contributed by atoms with Gasteiger partial charge in [-0.05, 0) is 75.0 Å². The molecule has 3 aromatic rings. The van der Waals surface area contributed by atoms with Gasteiger partial charge in [0.25, 0.3) is 0 Å². The number of anilines is 2. The van der Waals surface area contributed by atoms with Gasteiger partial charge in [0.2, 0.25) is 0 Å². The van der Waals surface area contributed by atoms with E-state index in [9.17, 15) is 0 Å². The Morgan fingerprint density at radius 2 is 1.93 bits per heavy atom. The lowest BCUT2D eigenvalue weighted by Crippen LogP contribution is -2.28. The molecular weight excluding hydrogens is 400 g/mol. The summed E-state index contributed by atoms with van der Waals surface area (Å²) in [5, 5.41) is 10.8. The third-order valence-corrected chi connectivity index (χ3v) is 6.56. The lowest BCUT2D eigenvalue weighted by Gasteiger charge is -2.14. The molecule has 0 bridgehead atoms. The van der Waals surface area contributed by atoms with Gasteiger partial charge in [0.05, 0.1) is 11.1 Å². The molecule has 2 aromatic heterocycles. The fourth-order valence-electron chi connectivity index (χ4n) is 3.62. The van der Waals surface area contributed by atoms with Crippen LogP contribution >= 0.6 is 23.6 Å². The number of nitrogens with two attached hydrogens (primary N) is 1. The number of benzene rings is 1. The van der Waals surface area contributed by atoms with Crippen molar-refractivity contribution >= 4 is 56.1 Å². The number of hydrogen-bond donors (Lipinski definition) is 2. The predicted molar refractivity (Wildman–Crippen MR) is 125 cm³/mol. The van der Waals surface area contributed by atoms with Gasteiger partial charge < -0.3 is 11.1 Å². The number of hydrogen-bond acceptors (Lipinski definition) is 6. The van der Waals surface area contributed by atoms with Gasteiger partial charge in [0, 0.05) is 17.6 Å². The first-order valence-corrected chi connectivity index (χ1v) is 10.9. The molecule has 1 aromatic carbocycles. The Bertz CT molecular complexity index is 1100. The molecule has 3 N–H and O–H groups in total. The summed E-state index contributed by atoms with van der Waals surface area (Å²) in [4.78, 5) is 12.0. The van der Waals surface area contributed by atoms with E-state index in [1.807, 2.05) is 49.4 Å². The summed E-state index contributed by atoms with van der Waals surface area (Å²) in [5.74, 6) is 1.69. The second-order valence-corrected chi connectivity index (χ2v) is 8.76. The first-order valence-electron chi connectivity index (χ1n) is 9.67. The zero-order chi connectivity index (χ0) is 20.5. The Labute approximate surface area is 179 Å². The van der Waals surface area contributed by atoms with Crippen molar-refractivity contribution in [3.05, 3.63) is 46.1 Å². The molecule has 1 aliphatic carbocycles. The highest BCUT2D eigenvalue weighted by Crippen LogP contribution is 2.39. The Morgan fingerprint density at radius 1 is 1.21 bits per heavy atom. The van der Waals surface area contributed by atoms with Gasteiger partial charge in [-0.3, -0.25) is 0 Å². The maximum atomic E-state index is 5.60. The standard InChI is InChI=1S/C21H24N6S2/c1-12(26-27(3)21(22)28)14-8-10-15(11-9-14)25-19-18-16-6-4-5-7-17(16)29-20(18)24-13(2)23-19/h8-11H,4-7H2,1-3H3,(H2,22,28)(H,23,24,25)/b26-12+. The highest BCUT2D eigenvalue weighted by atomic mass is 32.1. The van der Waals surface area contributed by atoms with E-state index >= 15 is 0 Å². The Morgan fingerprint density at radius 3 is 2.66 bits per heavy atom. The lowest BCUT2D eigenvalue weighted by atomic mass is 9.97. The molecule has 0 aliphatic heterocycles. The zero-order valence-electron chi connectivity index (χ0n) is 16.8. The third-order valence-electron chi connectivity index (χ3n) is 5.11. The van der Waals surface area contributed by atoms with Gasteiger partial charge in [0.1, 0.15) is 16.5 Å². The van der Waals surface area contributed by atoms with Gasteiger partial charge in [-0.25, -0.2) is 15.0 Å². The largest absolute Gasteiger partial charge is 0.375 e. The van der Waals surface area contributed by atoms with Crippen molar-refractivity contribution in [2.75, 3.05) is 12.4 Å². The van der Waals surface area contributed by atoms with Crippen LogP contribution in [0, 0.1) is 6.92 Å². The summed E-state index contributed by atoms with van der Waals surface area (Å²) >= 11 is 6.76. The summed E-state index contributed by atoms with van der Waals surface area (Å²) in [6.07, 6.45) is 4.77. The van der Waals surface area contributed by atoms with Crippen molar-refractivity contribution in [3.8, 4) is 0 Å². The summed E-state index contributed by atoms with van der Waals surface area (Å²) in [5.41, 5.74) is 9.87. The number of hydrazone groups is 1. The van der Waals surface area contributed by atoms with Crippen molar-refractivity contribution in [1.82, 2.24) is 15.0 Å². The quantitative estimate of drug-likeness (QED) is 0.364. The highest BCUT2D eigenvalue weighted by molar-refractivity contribution is 7.80. The van der Waals surface area contributed by atoms with Crippen molar-refractivity contribution in [2.24, 2.45) is 10.8 Å². The molecule has 0 amide bonds. The normalized spacial score (nSPS) is 14.0. The predicted octanol–water partition coefficient (Wildman–Crippen LogP) is 4.52. The molecule has 29 heavy (non-hydrogen) atoms. The fraction of sp³-hybridized carbons (Fsp3) is 0.333. The number of nitrogens with one attached hydrogen (secondary N) is 1. The van der Waals surface area contributed by atoms with Crippen LogP contribution < -0.4 is 11.1 Å². The van der Waals surface area contributed by atoms with E-state index < -0.39 is 0 Å². The van der Waals surface area contributed by atoms with Crippen molar-refractivity contribution in [1.29, 1.82) is 0 Å². The molecule has 2 heterocycles. The molecule has 1 aliphatic rings. The number of rotatable bonds is 4. The van der Waals surface area contributed by atoms with Crippen LogP contribution in [-0.2, 0) is 12.8 Å². The second-order valence-electron chi connectivity index (χ2n) is 7.26. The van der Waals surface area contributed by atoms with Crippen molar-refractivity contribution in [2.45, 2.75) is 39.5 Å². The molecule has 4 rings (SSSR count). The van der Waals surface area contributed by atoms with Crippen LogP contribution in [0.2, 0.25) is 0 Å². The van der Waals surface area contributed by atoms with Crippen molar-refractivity contribution in [3.63, 3.8) is 0 Å².